The molecule has 0 unspecified atom stereocenters. The van der Waals surface area contributed by atoms with Crippen LogP contribution in [0.3, 0.4) is 0 Å². The first-order valence-electron chi connectivity index (χ1n) is 9.28. The zero-order valence-electron chi connectivity index (χ0n) is 15.8. The van der Waals surface area contributed by atoms with E-state index in [1.165, 1.54) is 18.2 Å². The van der Waals surface area contributed by atoms with Crippen LogP contribution in [-0.4, -0.2) is 44.8 Å². The van der Waals surface area contributed by atoms with Crippen molar-refractivity contribution in [2.75, 3.05) is 43.1 Å². The van der Waals surface area contributed by atoms with Gasteiger partial charge in [-0.1, -0.05) is 11.6 Å². The number of amides is 1. The van der Waals surface area contributed by atoms with Crippen molar-refractivity contribution < 1.29 is 23.5 Å². The van der Waals surface area contributed by atoms with E-state index in [0.29, 0.717) is 29.0 Å². The highest BCUT2D eigenvalue weighted by Crippen LogP contribution is 2.36. The van der Waals surface area contributed by atoms with E-state index >= 15 is 0 Å². The minimum atomic E-state index is -0.723. The van der Waals surface area contributed by atoms with E-state index in [-0.39, 0.29) is 9.90 Å². The summed E-state index contributed by atoms with van der Waals surface area (Å²) < 4.78 is 24.3. The molecule has 0 atom stereocenters. The normalized spacial score (nSPS) is 14.0. The molecule has 2 heterocycles. The molecule has 1 aliphatic rings. The van der Waals surface area contributed by atoms with Gasteiger partial charge in [-0.15, -0.1) is 11.3 Å². The molecular formula is C21H18ClFN2O4S. The van der Waals surface area contributed by atoms with E-state index in [1.54, 1.807) is 12.1 Å². The molecule has 0 bridgehead atoms. The number of fused-ring (bicyclic) bond motifs is 1. The minimum Gasteiger partial charge on any atom is -0.451 e. The highest BCUT2D eigenvalue weighted by molar-refractivity contribution is 7.21. The summed E-state index contributed by atoms with van der Waals surface area (Å²) in [6, 6.07) is 11.5. The molecule has 0 aliphatic carbocycles. The summed E-state index contributed by atoms with van der Waals surface area (Å²) >= 11 is 7.23. The van der Waals surface area contributed by atoms with Gasteiger partial charge in [0.15, 0.2) is 6.61 Å². The van der Waals surface area contributed by atoms with Crippen LogP contribution in [0.2, 0.25) is 5.02 Å². The monoisotopic (exact) mass is 448 g/mol. The lowest BCUT2D eigenvalue weighted by Gasteiger charge is -2.28. The first-order chi connectivity index (χ1) is 14.5. The Balaban J connectivity index is 1.33. The third-order valence-corrected chi connectivity index (χ3v) is 6.28. The maximum Gasteiger partial charge on any atom is 0.350 e. The molecule has 1 N–H and O–H groups in total. The van der Waals surface area contributed by atoms with Gasteiger partial charge >= 0.3 is 5.97 Å². The molecule has 6 nitrogen and oxygen atoms in total. The van der Waals surface area contributed by atoms with Gasteiger partial charge in [0.1, 0.15) is 10.7 Å². The Morgan fingerprint density at radius 1 is 1.17 bits per heavy atom. The van der Waals surface area contributed by atoms with Crippen molar-refractivity contribution in [1.82, 2.24) is 0 Å². The zero-order valence-corrected chi connectivity index (χ0v) is 17.4. The van der Waals surface area contributed by atoms with Crippen LogP contribution in [0.1, 0.15) is 9.67 Å². The van der Waals surface area contributed by atoms with Crippen molar-refractivity contribution in [3.05, 3.63) is 58.2 Å². The van der Waals surface area contributed by atoms with Gasteiger partial charge in [-0.25, -0.2) is 9.18 Å². The second-order valence-corrected chi connectivity index (χ2v) is 8.09. The quantitative estimate of drug-likeness (QED) is 0.588. The van der Waals surface area contributed by atoms with E-state index in [0.717, 1.165) is 30.1 Å². The molecule has 30 heavy (non-hydrogen) atoms. The fourth-order valence-electron chi connectivity index (χ4n) is 3.14. The van der Waals surface area contributed by atoms with Gasteiger partial charge < -0.3 is 19.7 Å². The van der Waals surface area contributed by atoms with E-state index in [1.807, 2.05) is 12.1 Å². The van der Waals surface area contributed by atoms with Crippen molar-refractivity contribution >= 4 is 56.3 Å². The Labute approximate surface area is 181 Å². The third-order valence-electron chi connectivity index (χ3n) is 4.64. The van der Waals surface area contributed by atoms with Crippen LogP contribution >= 0.6 is 22.9 Å². The molecule has 0 saturated carbocycles. The number of nitrogens with one attached hydrogen (secondary N) is 1. The molecule has 156 valence electrons. The molecule has 9 heteroatoms. The summed E-state index contributed by atoms with van der Waals surface area (Å²) in [7, 11) is 0. The predicted octanol–water partition coefficient (Wildman–Crippen LogP) is 4.33. The topological polar surface area (TPSA) is 67.9 Å². The summed E-state index contributed by atoms with van der Waals surface area (Å²) in [6.07, 6.45) is 0. The molecule has 1 saturated heterocycles. The average molecular weight is 449 g/mol. The molecule has 0 radical (unpaired) electrons. The lowest BCUT2D eigenvalue weighted by molar-refractivity contribution is -0.119. The molecule has 3 aromatic rings. The molecule has 1 aromatic heterocycles. The number of esters is 1. The molecule has 0 spiro atoms. The number of ether oxygens (including phenoxy) is 2. The van der Waals surface area contributed by atoms with Gasteiger partial charge in [-0.2, -0.15) is 0 Å². The summed E-state index contributed by atoms with van der Waals surface area (Å²) in [6.45, 7) is 2.59. The second-order valence-electron chi connectivity index (χ2n) is 6.66. The number of carbonyl (C=O) groups is 2. The fraction of sp³-hybridized carbons (Fsp3) is 0.238. The first-order valence-corrected chi connectivity index (χ1v) is 10.5. The van der Waals surface area contributed by atoms with Gasteiger partial charge in [0.05, 0.1) is 18.2 Å². The molecule has 2 aromatic carbocycles. The number of morpholine rings is 1. The van der Waals surface area contributed by atoms with E-state index < -0.39 is 24.3 Å². The summed E-state index contributed by atoms with van der Waals surface area (Å²) in [5.74, 6) is -1.61. The van der Waals surface area contributed by atoms with Crippen molar-refractivity contribution in [3.8, 4) is 0 Å². The Morgan fingerprint density at radius 3 is 2.63 bits per heavy atom. The highest BCUT2D eigenvalue weighted by Gasteiger charge is 2.20. The van der Waals surface area contributed by atoms with E-state index in [9.17, 15) is 14.0 Å². The summed E-state index contributed by atoms with van der Waals surface area (Å²) in [5, 5.41) is 3.45. The van der Waals surface area contributed by atoms with Crippen molar-refractivity contribution in [3.63, 3.8) is 0 Å². The maximum atomic E-state index is 13.4. The third kappa shape index (κ3) is 4.56. The lowest BCUT2D eigenvalue weighted by atomic mass is 10.2. The van der Waals surface area contributed by atoms with E-state index in [4.69, 9.17) is 21.1 Å². The van der Waals surface area contributed by atoms with Gasteiger partial charge in [0, 0.05) is 34.6 Å². The number of hydrogen-bond donors (Lipinski definition) is 1. The van der Waals surface area contributed by atoms with Gasteiger partial charge in [0.25, 0.3) is 5.91 Å². The number of halogens is 2. The van der Waals surface area contributed by atoms with E-state index in [2.05, 4.69) is 10.2 Å². The van der Waals surface area contributed by atoms with Crippen LogP contribution < -0.4 is 10.2 Å². The standard InChI is InChI=1S/C21H18ClFN2O4S/c22-19-16-6-1-13(23)11-17(16)30-20(19)21(27)29-12-18(26)24-14-2-4-15(5-3-14)25-7-9-28-10-8-25/h1-6,11H,7-10,12H2,(H,24,26). The molecular weight excluding hydrogens is 431 g/mol. The van der Waals surface area contributed by atoms with Crippen LogP contribution in [0.15, 0.2) is 42.5 Å². The fourth-order valence-corrected chi connectivity index (χ4v) is 4.57. The largest absolute Gasteiger partial charge is 0.451 e. The number of hydrogen-bond acceptors (Lipinski definition) is 6. The smallest absolute Gasteiger partial charge is 0.350 e. The number of nitrogens with zero attached hydrogens (tertiary/aromatic N) is 1. The number of anilines is 2. The molecule has 1 fully saturated rings. The number of carbonyl (C=O) groups excluding carboxylic acids is 2. The van der Waals surface area contributed by atoms with Crippen molar-refractivity contribution in [2.24, 2.45) is 0 Å². The Morgan fingerprint density at radius 2 is 1.90 bits per heavy atom. The molecule has 1 aliphatic heterocycles. The van der Waals surface area contributed by atoms with Crippen LogP contribution in [0.5, 0.6) is 0 Å². The Hall–Kier alpha value is -2.68. The first kappa shape index (κ1) is 20.6. The number of rotatable bonds is 5. The molecule has 1 amide bonds. The van der Waals surface area contributed by atoms with Crippen LogP contribution in [0, 0.1) is 5.82 Å². The highest BCUT2D eigenvalue weighted by atomic mass is 35.5. The van der Waals surface area contributed by atoms with Crippen LogP contribution in [0.4, 0.5) is 15.8 Å². The van der Waals surface area contributed by atoms with Crippen LogP contribution in [-0.2, 0) is 14.3 Å². The number of benzene rings is 2. The lowest BCUT2D eigenvalue weighted by Crippen LogP contribution is -2.36. The SMILES string of the molecule is O=C(COC(=O)c1sc2cc(F)ccc2c1Cl)Nc1ccc(N2CCOCC2)cc1. The van der Waals surface area contributed by atoms with Gasteiger partial charge in [0.2, 0.25) is 0 Å². The van der Waals surface area contributed by atoms with Gasteiger partial charge in [-0.05, 0) is 42.5 Å². The van der Waals surface area contributed by atoms with Crippen molar-refractivity contribution in [1.29, 1.82) is 0 Å². The minimum absolute atomic E-state index is 0.139. The van der Waals surface area contributed by atoms with Crippen LogP contribution in [0.25, 0.3) is 10.1 Å². The predicted molar refractivity (Wildman–Crippen MR) is 115 cm³/mol. The number of thiophene rings is 1. The average Bonchev–Trinajstić information content (AvgIpc) is 3.09. The van der Waals surface area contributed by atoms with Crippen molar-refractivity contribution in [2.45, 2.75) is 0 Å². The van der Waals surface area contributed by atoms with Gasteiger partial charge in [-0.3, -0.25) is 4.79 Å². The maximum absolute atomic E-state index is 13.4. The molecule has 4 rings (SSSR count). The summed E-state index contributed by atoms with van der Waals surface area (Å²) in [4.78, 5) is 26.8. The zero-order chi connectivity index (χ0) is 21.1. The Kier molecular flexibility index (Phi) is 6.17. The second kappa shape index (κ2) is 8.99. The Bertz CT molecular complexity index is 1080. The summed E-state index contributed by atoms with van der Waals surface area (Å²) in [5.41, 5.74) is 1.65.